The molecule has 6 aromatic carbocycles. The molecule has 0 spiro atoms. The van der Waals surface area contributed by atoms with Gasteiger partial charge < -0.3 is 5.73 Å². The van der Waals surface area contributed by atoms with Crippen LogP contribution in [0.2, 0.25) is 0 Å². The highest BCUT2D eigenvalue weighted by Crippen LogP contribution is 2.38. The van der Waals surface area contributed by atoms with E-state index >= 15 is 0 Å². The highest BCUT2D eigenvalue weighted by molar-refractivity contribution is 6.10. The average molecular weight is 632 g/mol. The van der Waals surface area contributed by atoms with Crippen molar-refractivity contribution in [2.45, 2.75) is 6.92 Å². The molecule has 2 N–H and O–H groups in total. The molecule has 0 aliphatic carbocycles. The second-order valence-electron chi connectivity index (χ2n) is 11.9. The number of rotatable bonds is 7. The monoisotopic (exact) mass is 631 g/mol. The minimum atomic E-state index is 0.566. The lowest BCUT2D eigenvalue weighted by Gasteiger charge is -2.13. The quantitative estimate of drug-likeness (QED) is 0.140. The van der Waals surface area contributed by atoms with Gasteiger partial charge >= 0.3 is 0 Å². The topological polar surface area (TPSA) is 69.6 Å². The zero-order chi connectivity index (χ0) is 33.2. The number of allylic oxidation sites excluding steroid dienone is 3. The number of para-hydroxylation sites is 1. The van der Waals surface area contributed by atoms with E-state index in [0.717, 1.165) is 66.4 Å². The Morgan fingerprint density at radius 2 is 1.12 bits per heavy atom. The molecule has 49 heavy (non-hydrogen) atoms. The van der Waals surface area contributed by atoms with Crippen molar-refractivity contribution in [2.75, 3.05) is 5.73 Å². The Hall–Kier alpha value is -6.59. The number of nitrogen functional groups attached to an aromatic ring is 1. The molecule has 234 valence electrons. The molecule has 0 bridgehead atoms. The molecule has 0 atom stereocenters. The predicted octanol–water partition coefficient (Wildman–Crippen LogP) is 10.8. The Labute approximate surface area is 285 Å². The minimum Gasteiger partial charge on any atom is -0.398 e. The van der Waals surface area contributed by atoms with Gasteiger partial charge in [-0.25, -0.2) is 4.98 Å². The lowest BCUT2D eigenvalue weighted by Crippen LogP contribution is -2.06. The van der Waals surface area contributed by atoms with E-state index in [1.165, 1.54) is 0 Å². The van der Waals surface area contributed by atoms with Crippen LogP contribution in [0.1, 0.15) is 12.5 Å². The van der Waals surface area contributed by atoms with Crippen molar-refractivity contribution >= 4 is 33.6 Å². The molecule has 0 aliphatic rings. The molecule has 0 radical (unpaired) electrons. The number of hydrogen-bond donors (Lipinski definition) is 1. The summed E-state index contributed by atoms with van der Waals surface area (Å²) >= 11 is 0. The number of nitrogens with two attached hydrogens (primary N) is 1. The summed E-state index contributed by atoms with van der Waals surface area (Å²) in [4.78, 5) is 15.1. The zero-order valence-electron chi connectivity index (χ0n) is 27.0. The standard InChI is InChI=1S/C44H33N5/c1-2-3-6-15-30-16-11-12-21-35(30)38-28-33(25-27-39(38)45)34-24-26-37-36-22-13-14-23-40(36)49(41(37)29-34)44-47-42(31-17-7-4-8-18-31)46-43(48-44)32-19-9-5-10-20-32/h2-29H,45H2,1H3/b3-2-,15-6?. The van der Waals surface area contributed by atoms with Crippen LogP contribution in [0.4, 0.5) is 5.69 Å². The summed E-state index contributed by atoms with van der Waals surface area (Å²) in [6, 6.07) is 49.8. The van der Waals surface area contributed by atoms with E-state index in [4.69, 9.17) is 20.7 Å². The maximum atomic E-state index is 6.62. The first-order valence-electron chi connectivity index (χ1n) is 16.4. The van der Waals surface area contributed by atoms with Gasteiger partial charge in [0.25, 0.3) is 0 Å². The van der Waals surface area contributed by atoms with E-state index in [-0.39, 0.29) is 0 Å². The van der Waals surface area contributed by atoms with Gasteiger partial charge in [-0.05, 0) is 53.4 Å². The summed E-state index contributed by atoms with van der Waals surface area (Å²) in [7, 11) is 0. The van der Waals surface area contributed by atoms with Crippen molar-refractivity contribution < 1.29 is 0 Å². The fourth-order valence-corrected chi connectivity index (χ4v) is 6.39. The fraction of sp³-hybridized carbons (Fsp3) is 0.0227. The first-order chi connectivity index (χ1) is 24.2. The highest BCUT2D eigenvalue weighted by Gasteiger charge is 2.19. The second-order valence-corrected chi connectivity index (χ2v) is 11.9. The van der Waals surface area contributed by atoms with Crippen molar-refractivity contribution in [3.05, 3.63) is 169 Å². The van der Waals surface area contributed by atoms with Crippen LogP contribution in [0.5, 0.6) is 0 Å². The smallest absolute Gasteiger partial charge is 0.238 e. The maximum absolute atomic E-state index is 6.62. The van der Waals surface area contributed by atoms with E-state index in [1.54, 1.807) is 0 Å². The third kappa shape index (κ3) is 5.68. The van der Waals surface area contributed by atoms with Crippen molar-refractivity contribution in [1.29, 1.82) is 0 Å². The van der Waals surface area contributed by atoms with Gasteiger partial charge in [-0.1, -0.05) is 146 Å². The van der Waals surface area contributed by atoms with Crippen LogP contribution < -0.4 is 5.73 Å². The van der Waals surface area contributed by atoms with Gasteiger partial charge in [0.05, 0.1) is 11.0 Å². The molecule has 0 aliphatic heterocycles. The van der Waals surface area contributed by atoms with E-state index in [1.807, 2.05) is 85.8 Å². The van der Waals surface area contributed by atoms with E-state index in [9.17, 15) is 0 Å². The first-order valence-corrected chi connectivity index (χ1v) is 16.4. The van der Waals surface area contributed by atoms with Gasteiger partial charge in [0.2, 0.25) is 5.95 Å². The summed E-state index contributed by atoms with van der Waals surface area (Å²) in [5.41, 5.74) is 16.6. The normalized spacial score (nSPS) is 11.7. The molecule has 8 aromatic rings. The SMILES string of the molecule is C/C=C\C=Cc1ccccc1-c1cc(-c2ccc3c4ccccc4n(-c4nc(-c5ccccc5)nc(-c5ccccc5)n4)c3c2)ccc1N. The van der Waals surface area contributed by atoms with Gasteiger partial charge in [-0.2, -0.15) is 9.97 Å². The van der Waals surface area contributed by atoms with Crippen molar-refractivity contribution in [1.82, 2.24) is 19.5 Å². The summed E-state index contributed by atoms with van der Waals surface area (Å²) in [5.74, 6) is 1.81. The number of fused-ring (bicyclic) bond motifs is 3. The molecule has 0 saturated carbocycles. The molecule has 2 aromatic heterocycles. The lowest BCUT2D eigenvalue weighted by atomic mass is 9.94. The van der Waals surface area contributed by atoms with E-state index in [2.05, 4.69) is 95.6 Å². The van der Waals surface area contributed by atoms with Gasteiger partial charge in [0, 0.05) is 33.2 Å². The van der Waals surface area contributed by atoms with E-state index < -0.39 is 0 Å². The Morgan fingerprint density at radius 1 is 0.510 bits per heavy atom. The van der Waals surface area contributed by atoms with Gasteiger partial charge in [0.1, 0.15) is 0 Å². The molecule has 5 heteroatoms. The summed E-state index contributed by atoms with van der Waals surface area (Å²) in [6.45, 7) is 2.01. The first kappa shape index (κ1) is 29.8. The maximum Gasteiger partial charge on any atom is 0.238 e. The molecule has 0 fully saturated rings. The third-order valence-corrected chi connectivity index (χ3v) is 8.78. The van der Waals surface area contributed by atoms with Gasteiger partial charge in [-0.3, -0.25) is 4.57 Å². The second kappa shape index (κ2) is 12.9. The van der Waals surface area contributed by atoms with E-state index in [0.29, 0.717) is 17.6 Å². The third-order valence-electron chi connectivity index (χ3n) is 8.78. The zero-order valence-corrected chi connectivity index (χ0v) is 27.0. The Morgan fingerprint density at radius 3 is 1.86 bits per heavy atom. The number of hydrogen-bond acceptors (Lipinski definition) is 4. The highest BCUT2D eigenvalue weighted by atomic mass is 15.2. The molecule has 5 nitrogen and oxygen atoms in total. The van der Waals surface area contributed by atoms with Crippen LogP contribution in [-0.2, 0) is 0 Å². The predicted molar refractivity (Wildman–Crippen MR) is 204 cm³/mol. The number of aromatic nitrogens is 4. The Balaban J connectivity index is 1.33. The molecule has 0 saturated heterocycles. The Bertz CT molecular complexity index is 2450. The van der Waals surface area contributed by atoms with Crippen molar-refractivity contribution in [3.63, 3.8) is 0 Å². The molecule has 0 amide bonds. The van der Waals surface area contributed by atoms with Gasteiger partial charge in [0.15, 0.2) is 11.6 Å². The molecular weight excluding hydrogens is 599 g/mol. The molecule has 8 rings (SSSR count). The summed E-state index contributed by atoms with van der Waals surface area (Å²) < 4.78 is 2.16. The molecule has 0 unspecified atom stereocenters. The minimum absolute atomic E-state index is 0.566. The summed E-state index contributed by atoms with van der Waals surface area (Å²) in [5, 5.41) is 2.25. The Kier molecular flexibility index (Phi) is 7.84. The van der Waals surface area contributed by atoms with Crippen molar-refractivity contribution in [3.8, 4) is 51.0 Å². The summed E-state index contributed by atoms with van der Waals surface area (Å²) in [6.07, 6.45) is 8.22. The van der Waals surface area contributed by atoms with Crippen LogP contribution in [0.3, 0.4) is 0 Å². The van der Waals surface area contributed by atoms with Crippen LogP contribution in [-0.4, -0.2) is 19.5 Å². The van der Waals surface area contributed by atoms with Crippen LogP contribution >= 0.6 is 0 Å². The number of nitrogens with zero attached hydrogens (tertiary/aromatic N) is 4. The number of anilines is 1. The number of benzene rings is 6. The van der Waals surface area contributed by atoms with Crippen molar-refractivity contribution in [2.24, 2.45) is 0 Å². The largest absolute Gasteiger partial charge is 0.398 e. The van der Waals surface area contributed by atoms with Crippen LogP contribution in [0.25, 0.3) is 78.9 Å². The molecular formula is C44H33N5. The fourth-order valence-electron chi connectivity index (χ4n) is 6.39. The lowest BCUT2D eigenvalue weighted by molar-refractivity contribution is 0.953. The average Bonchev–Trinajstić information content (AvgIpc) is 3.50. The van der Waals surface area contributed by atoms with Crippen LogP contribution in [0.15, 0.2) is 164 Å². The molecule has 2 heterocycles. The van der Waals surface area contributed by atoms with Gasteiger partial charge in [-0.15, -0.1) is 0 Å². The van der Waals surface area contributed by atoms with Crippen LogP contribution in [0, 0.1) is 0 Å².